The molecule has 5 heteroatoms. The monoisotopic (exact) mass is 170 g/mol. The molecule has 2 amide bonds. The largest absolute Gasteiger partial charge is 0.299 e. The van der Waals surface area contributed by atoms with Gasteiger partial charge in [-0.3, -0.25) is 24.6 Å². The van der Waals surface area contributed by atoms with Gasteiger partial charge in [0.1, 0.15) is 5.78 Å². The van der Waals surface area contributed by atoms with Gasteiger partial charge in [-0.1, -0.05) is 0 Å². The summed E-state index contributed by atoms with van der Waals surface area (Å²) < 4.78 is 0. The summed E-state index contributed by atoms with van der Waals surface area (Å²) in [5.74, 6) is -0.725. The van der Waals surface area contributed by atoms with Crippen LogP contribution in [0, 0.1) is 0 Å². The Bertz CT molecular complexity index is 218. The average molecular weight is 170 g/mol. The lowest BCUT2D eigenvalue weighted by Crippen LogP contribution is -2.52. The second-order valence-corrected chi connectivity index (χ2v) is 2.82. The molecule has 0 aromatic carbocycles. The number of nitrogens with one attached hydrogen (secondary N) is 1. The van der Waals surface area contributed by atoms with E-state index < -0.39 is 0 Å². The fraction of sp³-hybridized carbons (Fsp3) is 0.571. The lowest BCUT2D eigenvalue weighted by molar-refractivity contribution is -0.136. The minimum atomic E-state index is -0.340. The Morgan fingerprint density at radius 3 is 2.33 bits per heavy atom. The third-order valence-electron chi connectivity index (χ3n) is 1.46. The molecule has 0 aromatic heterocycles. The summed E-state index contributed by atoms with van der Waals surface area (Å²) >= 11 is 0. The van der Waals surface area contributed by atoms with E-state index in [0.29, 0.717) is 0 Å². The number of hydrogen-bond acceptors (Lipinski definition) is 4. The molecule has 0 bridgehead atoms. The van der Waals surface area contributed by atoms with E-state index in [2.05, 4.69) is 5.32 Å². The van der Waals surface area contributed by atoms with E-state index in [1.807, 2.05) is 0 Å². The van der Waals surface area contributed by atoms with Crippen LogP contribution in [-0.4, -0.2) is 42.1 Å². The van der Waals surface area contributed by atoms with Crippen molar-refractivity contribution in [1.82, 2.24) is 10.2 Å². The molecule has 1 aliphatic rings. The lowest BCUT2D eigenvalue weighted by Gasteiger charge is -2.23. The molecule has 0 aromatic rings. The van der Waals surface area contributed by atoms with Gasteiger partial charge in [0.05, 0.1) is 19.6 Å². The fourth-order valence-electron chi connectivity index (χ4n) is 1.12. The van der Waals surface area contributed by atoms with Gasteiger partial charge in [-0.25, -0.2) is 0 Å². The molecule has 0 spiro atoms. The smallest absolute Gasteiger partial charge is 0.240 e. The van der Waals surface area contributed by atoms with Gasteiger partial charge in [0.25, 0.3) is 0 Å². The topological polar surface area (TPSA) is 66.5 Å². The van der Waals surface area contributed by atoms with Crippen LogP contribution >= 0.6 is 0 Å². The number of piperazine rings is 1. The molecule has 1 rings (SSSR count). The summed E-state index contributed by atoms with van der Waals surface area (Å²) in [6, 6.07) is 0. The fourth-order valence-corrected chi connectivity index (χ4v) is 1.12. The molecule has 1 fully saturated rings. The van der Waals surface area contributed by atoms with Crippen LogP contribution < -0.4 is 5.32 Å². The maximum Gasteiger partial charge on any atom is 0.240 e. The predicted molar refractivity (Wildman–Crippen MR) is 40.3 cm³/mol. The van der Waals surface area contributed by atoms with Crippen molar-refractivity contribution in [2.75, 3.05) is 19.6 Å². The molecule has 0 atom stereocenters. The van der Waals surface area contributed by atoms with Crippen LogP contribution in [0.15, 0.2) is 0 Å². The molecular weight excluding hydrogens is 160 g/mol. The van der Waals surface area contributed by atoms with Crippen molar-refractivity contribution in [1.29, 1.82) is 0 Å². The SMILES string of the molecule is CC(=O)CN1CC(=O)NC(=O)C1. The van der Waals surface area contributed by atoms with Gasteiger partial charge in [0.2, 0.25) is 11.8 Å². The Labute approximate surface area is 69.7 Å². The van der Waals surface area contributed by atoms with Crippen LogP contribution in [0.25, 0.3) is 0 Å². The maximum absolute atomic E-state index is 10.8. The molecule has 66 valence electrons. The molecule has 1 heterocycles. The summed E-state index contributed by atoms with van der Waals surface area (Å²) in [4.78, 5) is 33.7. The highest BCUT2D eigenvalue weighted by Crippen LogP contribution is 1.93. The Balaban J connectivity index is 2.49. The normalized spacial score (nSPS) is 19.1. The summed E-state index contributed by atoms with van der Waals surface area (Å²) in [7, 11) is 0. The second-order valence-electron chi connectivity index (χ2n) is 2.82. The summed E-state index contributed by atoms with van der Waals surface area (Å²) in [5.41, 5.74) is 0. The first-order valence-electron chi connectivity index (χ1n) is 3.62. The first-order valence-corrected chi connectivity index (χ1v) is 3.62. The number of rotatable bonds is 2. The van der Waals surface area contributed by atoms with E-state index in [1.165, 1.54) is 11.8 Å². The zero-order valence-electron chi connectivity index (χ0n) is 6.79. The Kier molecular flexibility index (Phi) is 2.54. The van der Waals surface area contributed by atoms with E-state index in [1.54, 1.807) is 0 Å². The molecule has 0 radical (unpaired) electrons. The number of nitrogens with zero attached hydrogens (tertiary/aromatic N) is 1. The Morgan fingerprint density at radius 1 is 1.42 bits per heavy atom. The van der Waals surface area contributed by atoms with Crippen LogP contribution in [0.1, 0.15) is 6.92 Å². The van der Waals surface area contributed by atoms with E-state index in [4.69, 9.17) is 0 Å². The molecule has 0 saturated carbocycles. The van der Waals surface area contributed by atoms with Gasteiger partial charge in [-0.05, 0) is 6.92 Å². The molecule has 1 aliphatic heterocycles. The minimum Gasteiger partial charge on any atom is -0.299 e. The molecule has 0 aliphatic carbocycles. The number of carbonyl (C=O) groups is 3. The average Bonchev–Trinajstić information content (AvgIpc) is 1.81. The standard InChI is InChI=1S/C7H10N2O3/c1-5(10)2-9-3-6(11)8-7(12)4-9/h2-4H2,1H3,(H,8,11,12). The van der Waals surface area contributed by atoms with Gasteiger partial charge >= 0.3 is 0 Å². The van der Waals surface area contributed by atoms with Gasteiger partial charge in [-0.2, -0.15) is 0 Å². The van der Waals surface area contributed by atoms with Crippen molar-refractivity contribution in [2.45, 2.75) is 6.92 Å². The second kappa shape index (κ2) is 3.44. The summed E-state index contributed by atoms with van der Waals surface area (Å²) in [5, 5.41) is 2.15. The van der Waals surface area contributed by atoms with E-state index >= 15 is 0 Å². The Morgan fingerprint density at radius 2 is 1.92 bits per heavy atom. The first kappa shape index (κ1) is 8.86. The first-order chi connectivity index (χ1) is 5.58. The molecule has 1 N–H and O–H groups in total. The van der Waals surface area contributed by atoms with Gasteiger partial charge in [-0.15, -0.1) is 0 Å². The number of Topliss-reactive ketones (excluding diaryl/α,β-unsaturated/α-hetero) is 1. The van der Waals surface area contributed by atoms with Crippen LogP contribution in [0.2, 0.25) is 0 Å². The van der Waals surface area contributed by atoms with E-state index in [9.17, 15) is 14.4 Å². The summed E-state index contributed by atoms with van der Waals surface area (Å²) in [6.07, 6.45) is 0. The number of carbonyl (C=O) groups excluding carboxylic acids is 3. The third kappa shape index (κ3) is 2.43. The number of hydrogen-bond donors (Lipinski definition) is 1. The Hall–Kier alpha value is -1.23. The molecule has 1 saturated heterocycles. The van der Waals surface area contributed by atoms with Gasteiger partial charge in [0, 0.05) is 0 Å². The number of ketones is 1. The highest BCUT2D eigenvalue weighted by Gasteiger charge is 2.22. The van der Waals surface area contributed by atoms with Crippen LogP contribution in [0.3, 0.4) is 0 Å². The molecule has 5 nitrogen and oxygen atoms in total. The van der Waals surface area contributed by atoms with Gasteiger partial charge in [0.15, 0.2) is 0 Å². The quantitative estimate of drug-likeness (QED) is 0.514. The highest BCUT2D eigenvalue weighted by molar-refractivity contribution is 5.99. The molecule has 0 unspecified atom stereocenters. The number of amides is 2. The molecule has 12 heavy (non-hydrogen) atoms. The van der Waals surface area contributed by atoms with Crippen molar-refractivity contribution in [3.05, 3.63) is 0 Å². The predicted octanol–water partition coefficient (Wildman–Crippen LogP) is -1.47. The maximum atomic E-state index is 10.8. The van der Waals surface area contributed by atoms with E-state index in [0.717, 1.165) is 0 Å². The van der Waals surface area contributed by atoms with Crippen molar-refractivity contribution >= 4 is 17.6 Å². The van der Waals surface area contributed by atoms with Crippen molar-refractivity contribution in [2.24, 2.45) is 0 Å². The van der Waals surface area contributed by atoms with Crippen LogP contribution in [0.5, 0.6) is 0 Å². The zero-order chi connectivity index (χ0) is 9.14. The minimum absolute atomic E-state index is 0.0440. The zero-order valence-corrected chi connectivity index (χ0v) is 6.79. The van der Waals surface area contributed by atoms with Crippen molar-refractivity contribution in [3.63, 3.8) is 0 Å². The summed E-state index contributed by atoms with van der Waals surface area (Å²) in [6.45, 7) is 1.85. The van der Waals surface area contributed by atoms with Crippen LogP contribution in [-0.2, 0) is 14.4 Å². The third-order valence-corrected chi connectivity index (χ3v) is 1.46. The van der Waals surface area contributed by atoms with Crippen molar-refractivity contribution < 1.29 is 14.4 Å². The van der Waals surface area contributed by atoms with E-state index in [-0.39, 0.29) is 37.2 Å². The molecular formula is C7H10N2O3. The lowest BCUT2D eigenvalue weighted by atomic mass is 10.3. The van der Waals surface area contributed by atoms with Gasteiger partial charge < -0.3 is 0 Å². The highest BCUT2D eigenvalue weighted by atomic mass is 16.2. The van der Waals surface area contributed by atoms with Crippen LogP contribution in [0.4, 0.5) is 0 Å². The van der Waals surface area contributed by atoms with Crippen molar-refractivity contribution in [3.8, 4) is 0 Å². The number of imide groups is 1.